The molecule has 2 rings (SSSR count). The summed E-state index contributed by atoms with van der Waals surface area (Å²) in [6.07, 6.45) is 0. The zero-order chi connectivity index (χ0) is 19.8. The van der Waals surface area contributed by atoms with Gasteiger partial charge in [0.15, 0.2) is 0 Å². The Bertz CT molecular complexity index is 852. The molecule has 2 aromatic rings. The molecule has 7 heteroatoms. The van der Waals surface area contributed by atoms with Gasteiger partial charge in [0.25, 0.3) is 5.91 Å². The summed E-state index contributed by atoms with van der Waals surface area (Å²) in [7, 11) is 0. The molecular weight excluding hydrogens is 362 g/mol. The van der Waals surface area contributed by atoms with Crippen LogP contribution in [-0.4, -0.2) is 29.2 Å². The van der Waals surface area contributed by atoms with E-state index >= 15 is 0 Å². The minimum Gasteiger partial charge on any atom is -0.325 e. The van der Waals surface area contributed by atoms with Crippen LogP contribution in [-0.2, 0) is 9.59 Å². The molecule has 142 valence electrons. The van der Waals surface area contributed by atoms with E-state index in [2.05, 4.69) is 16.2 Å². The molecule has 0 heterocycles. The molecule has 0 atom stereocenters. The molecule has 2 aromatic carbocycles. The first-order valence-electron chi connectivity index (χ1n) is 8.46. The van der Waals surface area contributed by atoms with Crippen molar-refractivity contribution in [2.45, 2.75) is 20.8 Å². The number of nitrogens with one attached hydrogen (secondary N) is 3. The summed E-state index contributed by atoms with van der Waals surface area (Å²) in [6.45, 7) is 5.74. The summed E-state index contributed by atoms with van der Waals surface area (Å²) >= 11 is 1.17. The Morgan fingerprint density at radius 3 is 2.26 bits per heavy atom. The van der Waals surface area contributed by atoms with E-state index in [-0.39, 0.29) is 29.2 Å². The fraction of sp³-hybridized carbons (Fsp3) is 0.250. The van der Waals surface area contributed by atoms with Gasteiger partial charge in [-0.25, -0.2) is 0 Å². The predicted molar refractivity (Wildman–Crippen MR) is 109 cm³/mol. The smallest absolute Gasteiger partial charge is 0.269 e. The van der Waals surface area contributed by atoms with Crippen molar-refractivity contribution < 1.29 is 14.4 Å². The highest BCUT2D eigenvalue weighted by Crippen LogP contribution is 2.16. The lowest BCUT2D eigenvalue weighted by atomic mass is 10.1. The molecule has 0 bridgehead atoms. The monoisotopic (exact) mass is 385 g/mol. The standard InChI is InChI=1S/C20H23N3O3S/c1-13-8-9-17(15(3)10-13)21-18(24)11-27-12-19(25)22-23-20(26)16-7-5-4-6-14(16)2/h4-10H,11-12H2,1-3H3,(H,21,24)(H,22,25)(H,23,26). The third kappa shape index (κ3) is 6.45. The molecule has 0 aliphatic heterocycles. The summed E-state index contributed by atoms with van der Waals surface area (Å²) in [4.78, 5) is 35.8. The molecule has 0 fully saturated rings. The van der Waals surface area contributed by atoms with Gasteiger partial charge in [0.2, 0.25) is 11.8 Å². The molecule has 0 aromatic heterocycles. The van der Waals surface area contributed by atoms with Crippen LogP contribution in [0.5, 0.6) is 0 Å². The van der Waals surface area contributed by atoms with Crippen molar-refractivity contribution in [1.82, 2.24) is 10.9 Å². The molecule has 0 saturated heterocycles. The number of benzene rings is 2. The van der Waals surface area contributed by atoms with Crippen molar-refractivity contribution in [2.24, 2.45) is 0 Å². The van der Waals surface area contributed by atoms with Crippen LogP contribution in [0.2, 0.25) is 0 Å². The lowest BCUT2D eigenvalue weighted by Gasteiger charge is -2.10. The molecule has 0 aliphatic carbocycles. The maximum atomic E-state index is 12.0. The van der Waals surface area contributed by atoms with E-state index in [1.54, 1.807) is 12.1 Å². The predicted octanol–water partition coefficient (Wildman–Crippen LogP) is 2.74. The van der Waals surface area contributed by atoms with Gasteiger partial charge in [0, 0.05) is 11.3 Å². The van der Waals surface area contributed by atoms with E-state index in [0.29, 0.717) is 5.56 Å². The molecule has 3 N–H and O–H groups in total. The highest BCUT2D eigenvalue weighted by atomic mass is 32.2. The fourth-order valence-electron chi connectivity index (χ4n) is 2.43. The van der Waals surface area contributed by atoms with Crippen molar-refractivity contribution in [3.8, 4) is 0 Å². The second-order valence-corrected chi connectivity index (χ2v) is 7.16. The molecule has 0 saturated carbocycles. The Labute approximate surface area is 163 Å². The second kappa shape index (κ2) is 9.78. The van der Waals surface area contributed by atoms with E-state index in [0.717, 1.165) is 22.4 Å². The van der Waals surface area contributed by atoms with E-state index in [9.17, 15) is 14.4 Å². The minimum absolute atomic E-state index is 0.0638. The number of carbonyl (C=O) groups is 3. The van der Waals surface area contributed by atoms with Gasteiger partial charge >= 0.3 is 0 Å². The maximum absolute atomic E-state index is 12.0. The topological polar surface area (TPSA) is 87.3 Å². The van der Waals surface area contributed by atoms with Crippen LogP contribution in [0.15, 0.2) is 42.5 Å². The normalized spacial score (nSPS) is 10.2. The third-order valence-corrected chi connectivity index (χ3v) is 4.76. The van der Waals surface area contributed by atoms with Crippen molar-refractivity contribution in [3.05, 3.63) is 64.7 Å². The van der Waals surface area contributed by atoms with E-state index in [1.165, 1.54) is 11.8 Å². The van der Waals surface area contributed by atoms with E-state index in [1.807, 2.05) is 51.1 Å². The largest absolute Gasteiger partial charge is 0.325 e. The van der Waals surface area contributed by atoms with Gasteiger partial charge in [-0.2, -0.15) is 0 Å². The number of thioether (sulfide) groups is 1. The Morgan fingerprint density at radius 1 is 0.852 bits per heavy atom. The fourth-order valence-corrected chi connectivity index (χ4v) is 3.05. The summed E-state index contributed by atoms with van der Waals surface area (Å²) in [6, 6.07) is 12.9. The van der Waals surface area contributed by atoms with Gasteiger partial charge in [-0.15, -0.1) is 11.8 Å². The van der Waals surface area contributed by atoms with Gasteiger partial charge in [-0.05, 0) is 44.0 Å². The lowest BCUT2D eigenvalue weighted by Crippen LogP contribution is -2.42. The highest BCUT2D eigenvalue weighted by molar-refractivity contribution is 8.00. The molecular formula is C20H23N3O3S. The minimum atomic E-state index is -0.376. The number of amides is 3. The summed E-state index contributed by atoms with van der Waals surface area (Å²) < 4.78 is 0. The van der Waals surface area contributed by atoms with Crippen LogP contribution < -0.4 is 16.2 Å². The van der Waals surface area contributed by atoms with Crippen molar-refractivity contribution in [2.75, 3.05) is 16.8 Å². The maximum Gasteiger partial charge on any atom is 0.269 e. The zero-order valence-corrected chi connectivity index (χ0v) is 16.4. The van der Waals surface area contributed by atoms with Gasteiger partial charge < -0.3 is 5.32 Å². The molecule has 6 nitrogen and oxygen atoms in total. The third-order valence-electron chi connectivity index (χ3n) is 3.83. The molecule has 0 spiro atoms. The zero-order valence-electron chi connectivity index (χ0n) is 15.6. The Morgan fingerprint density at radius 2 is 1.56 bits per heavy atom. The quantitative estimate of drug-likeness (QED) is 0.667. The van der Waals surface area contributed by atoms with Crippen molar-refractivity contribution >= 4 is 35.2 Å². The summed E-state index contributed by atoms with van der Waals surface area (Å²) in [5, 5.41) is 2.83. The number of rotatable bonds is 6. The average molecular weight is 385 g/mol. The van der Waals surface area contributed by atoms with Gasteiger partial charge in [-0.1, -0.05) is 35.9 Å². The molecule has 0 unspecified atom stereocenters. The van der Waals surface area contributed by atoms with Crippen LogP contribution in [0.25, 0.3) is 0 Å². The molecule has 27 heavy (non-hydrogen) atoms. The van der Waals surface area contributed by atoms with Gasteiger partial charge in [0.1, 0.15) is 0 Å². The van der Waals surface area contributed by atoms with E-state index < -0.39 is 0 Å². The number of anilines is 1. The van der Waals surface area contributed by atoms with Crippen LogP contribution in [0, 0.1) is 20.8 Å². The summed E-state index contributed by atoms with van der Waals surface area (Å²) in [5.74, 6) is -0.718. The molecule has 0 aliphatic rings. The first-order valence-corrected chi connectivity index (χ1v) is 9.62. The van der Waals surface area contributed by atoms with Crippen LogP contribution in [0.1, 0.15) is 27.0 Å². The first-order chi connectivity index (χ1) is 12.9. The van der Waals surface area contributed by atoms with Crippen LogP contribution >= 0.6 is 11.8 Å². The number of carbonyl (C=O) groups excluding carboxylic acids is 3. The average Bonchev–Trinajstić information content (AvgIpc) is 2.62. The Hall–Kier alpha value is -2.80. The number of hydrogen-bond donors (Lipinski definition) is 3. The van der Waals surface area contributed by atoms with E-state index in [4.69, 9.17) is 0 Å². The first kappa shape index (κ1) is 20.5. The number of hydrogen-bond acceptors (Lipinski definition) is 4. The van der Waals surface area contributed by atoms with Crippen molar-refractivity contribution in [1.29, 1.82) is 0 Å². The lowest BCUT2D eigenvalue weighted by molar-refractivity contribution is -0.119. The highest BCUT2D eigenvalue weighted by Gasteiger charge is 2.10. The van der Waals surface area contributed by atoms with Gasteiger partial charge in [0.05, 0.1) is 11.5 Å². The van der Waals surface area contributed by atoms with Crippen LogP contribution in [0.3, 0.4) is 0 Å². The Kier molecular flexibility index (Phi) is 7.43. The van der Waals surface area contributed by atoms with Gasteiger partial charge in [-0.3, -0.25) is 25.2 Å². The van der Waals surface area contributed by atoms with Crippen molar-refractivity contribution in [3.63, 3.8) is 0 Å². The van der Waals surface area contributed by atoms with Crippen LogP contribution in [0.4, 0.5) is 5.69 Å². The molecule has 0 radical (unpaired) electrons. The SMILES string of the molecule is Cc1ccc(NC(=O)CSCC(=O)NNC(=O)c2ccccc2C)c(C)c1. The second-order valence-electron chi connectivity index (χ2n) is 6.18. The number of hydrazine groups is 1. The summed E-state index contributed by atoms with van der Waals surface area (Å²) in [5.41, 5.74) is 8.94. The Balaban J connectivity index is 1.70. The molecule has 3 amide bonds. The number of aryl methyl sites for hydroxylation is 3.